The molecule has 4 heteroatoms. The molecule has 0 unspecified atom stereocenters. The number of thiol groups is 1. The van der Waals surface area contributed by atoms with Crippen LogP contribution in [0.5, 0.6) is 0 Å². The second kappa shape index (κ2) is 8.64. The van der Waals surface area contributed by atoms with Gasteiger partial charge in [-0.3, -0.25) is 0 Å². The normalized spacial score (nSPS) is 6.73. The van der Waals surface area contributed by atoms with Gasteiger partial charge in [-0.1, -0.05) is 17.7 Å². The summed E-state index contributed by atoms with van der Waals surface area (Å²) in [4.78, 5) is 1.02. The maximum absolute atomic E-state index is 4.13. The van der Waals surface area contributed by atoms with Crippen LogP contribution in [0.4, 0.5) is 0 Å². The van der Waals surface area contributed by atoms with E-state index in [9.17, 15) is 0 Å². The Balaban J connectivity index is -0.000000213. The zero-order valence-corrected chi connectivity index (χ0v) is 11.3. The van der Waals surface area contributed by atoms with Crippen molar-refractivity contribution in [3.8, 4) is 0 Å². The quantitative estimate of drug-likeness (QED) is 0.624. The average Bonchev–Trinajstić information content (AvgIpc) is 1.77. The van der Waals surface area contributed by atoms with Crippen molar-refractivity contribution in [3.05, 3.63) is 29.8 Å². The van der Waals surface area contributed by atoms with Gasteiger partial charge in [0.15, 0.2) is 0 Å². The monoisotopic (exact) mass is 398 g/mol. The van der Waals surface area contributed by atoms with Gasteiger partial charge in [-0.2, -0.15) is 0 Å². The zero-order valence-electron chi connectivity index (χ0n) is 6.26. The van der Waals surface area contributed by atoms with Crippen LogP contribution in [-0.4, -0.2) is 11.0 Å². The maximum Gasteiger partial charge on any atom is 0.00401 e. The molecule has 0 aromatic heterocycles. The molecule has 11 heavy (non-hydrogen) atoms. The van der Waals surface area contributed by atoms with Gasteiger partial charge in [0.2, 0.25) is 0 Å². The van der Waals surface area contributed by atoms with E-state index < -0.39 is 0 Å². The molecule has 0 heterocycles. The fraction of sp³-hybridized carbons (Fsp3) is 0.143. The number of rotatable bonds is 0. The van der Waals surface area contributed by atoms with E-state index in [-0.39, 0.29) is 42.1 Å². The van der Waals surface area contributed by atoms with Gasteiger partial charge >= 0.3 is 0 Å². The summed E-state index contributed by atoms with van der Waals surface area (Å²) in [6.45, 7) is 2.06. The maximum atomic E-state index is 4.13. The minimum Gasteiger partial charge on any atom is -0.412 e. The molecule has 0 spiro atoms. The van der Waals surface area contributed by atoms with Crippen LogP contribution in [-0.2, 0) is 0 Å². The fourth-order valence-electron chi connectivity index (χ4n) is 0.545. The van der Waals surface area contributed by atoms with Gasteiger partial charge in [0, 0.05) is 36.0 Å². The SMILES string of the molecule is Cc1ccc(S)cc1.O.O.[U]. The van der Waals surface area contributed by atoms with Gasteiger partial charge in [-0.25, -0.2) is 0 Å². The van der Waals surface area contributed by atoms with E-state index >= 15 is 0 Å². The van der Waals surface area contributed by atoms with E-state index in [4.69, 9.17) is 0 Å². The van der Waals surface area contributed by atoms with E-state index in [2.05, 4.69) is 19.6 Å². The van der Waals surface area contributed by atoms with Gasteiger partial charge in [-0.15, -0.1) is 12.6 Å². The topological polar surface area (TPSA) is 63.0 Å². The fourth-order valence-corrected chi connectivity index (χ4v) is 0.694. The average molecular weight is 398 g/mol. The largest absolute Gasteiger partial charge is 0.412 e. The molecule has 1 aromatic rings. The Labute approximate surface area is 95.8 Å². The molecule has 0 aliphatic carbocycles. The second-order valence-electron chi connectivity index (χ2n) is 1.84. The van der Waals surface area contributed by atoms with Crippen LogP contribution in [0.15, 0.2) is 29.2 Å². The third-order valence-electron chi connectivity index (χ3n) is 1.03. The third-order valence-corrected chi connectivity index (χ3v) is 1.33. The molecule has 1 rings (SSSR count). The van der Waals surface area contributed by atoms with Crippen molar-refractivity contribution >= 4 is 12.6 Å². The molecule has 0 aliphatic rings. The van der Waals surface area contributed by atoms with E-state index in [1.54, 1.807) is 0 Å². The second-order valence-corrected chi connectivity index (χ2v) is 2.35. The Morgan fingerprint density at radius 1 is 1.00 bits per heavy atom. The molecule has 0 fully saturated rings. The molecule has 0 saturated carbocycles. The zero-order chi connectivity index (χ0) is 5.98. The molecule has 0 saturated heterocycles. The van der Waals surface area contributed by atoms with Crippen molar-refractivity contribution in [2.75, 3.05) is 0 Å². The minimum atomic E-state index is 0. The van der Waals surface area contributed by atoms with Crippen LogP contribution in [0.2, 0.25) is 0 Å². The van der Waals surface area contributed by atoms with Gasteiger partial charge in [0.25, 0.3) is 0 Å². The molecule has 2 nitrogen and oxygen atoms in total. The summed E-state index contributed by atoms with van der Waals surface area (Å²) in [6.07, 6.45) is 0. The molecular weight excluding hydrogens is 386 g/mol. The van der Waals surface area contributed by atoms with Crippen LogP contribution in [0.1, 0.15) is 5.56 Å². The molecule has 0 atom stereocenters. The summed E-state index contributed by atoms with van der Waals surface area (Å²) in [5.74, 6) is 0. The number of benzene rings is 1. The molecular formula is C7H12O2SU. The smallest absolute Gasteiger partial charge is 0.00401 e. The Kier molecular flexibility index (Phi) is 13.8. The Hall–Kier alpha value is 0.542. The van der Waals surface area contributed by atoms with Gasteiger partial charge in [-0.05, 0) is 19.1 Å². The molecule has 0 bridgehead atoms. The van der Waals surface area contributed by atoms with E-state index in [1.165, 1.54) is 5.56 Å². The van der Waals surface area contributed by atoms with Crippen LogP contribution in [0, 0.1) is 38.0 Å². The van der Waals surface area contributed by atoms with Crippen molar-refractivity contribution in [3.63, 3.8) is 0 Å². The first kappa shape index (κ1) is 17.6. The van der Waals surface area contributed by atoms with Crippen LogP contribution < -0.4 is 0 Å². The summed E-state index contributed by atoms with van der Waals surface area (Å²) in [5.41, 5.74) is 1.28. The standard InChI is InChI=1S/C7H8S.2H2O.U/c1-6-2-4-7(8)5-3-6;;;/h2-5,8H,1H3;2*1H2;. The first-order valence-corrected chi connectivity index (χ1v) is 2.99. The summed E-state index contributed by atoms with van der Waals surface area (Å²) < 4.78 is 0. The molecule has 0 amide bonds. The minimum absolute atomic E-state index is 0. The van der Waals surface area contributed by atoms with Crippen LogP contribution in [0.25, 0.3) is 0 Å². The van der Waals surface area contributed by atoms with Crippen molar-refractivity contribution in [1.29, 1.82) is 0 Å². The molecule has 0 radical (unpaired) electrons. The summed E-state index contributed by atoms with van der Waals surface area (Å²) in [5, 5.41) is 0. The Morgan fingerprint density at radius 3 is 1.64 bits per heavy atom. The molecule has 62 valence electrons. The number of aryl methyl sites for hydroxylation is 1. The molecule has 0 aliphatic heterocycles. The van der Waals surface area contributed by atoms with Crippen molar-refractivity contribution in [2.24, 2.45) is 0 Å². The Morgan fingerprint density at radius 2 is 1.36 bits per heavy atom. The van der Waals surface area contributed by atoms with Gasteiger partial charge < -0.3 is 11.0 Å². The van der Waals surface area contributed by atoms with E-state index in [0.29, 0.717) is 0 Å². The van der Waals surface area contributed by atoms with E-state index in [0.717, 1.165) is 4.90 Å². The predicted molar refractivity (Wildman–Crippen MR) is 45.7 cm³/mol. The summed E-state index contributed by atoms with van der Waals surface area (Å²) in [7, 11) is 0. The van der Waals surface area contributed by atoms with Crippen LogP contribution in [0.3, 0.4) is 0 Å². The first-order chi connectivity index (χ1) is 3.79. The summed E-state index contributed by atoms with van der Waals surface area (Å²) >= 11 is 4.13. The number of hydrogen-bond acceptors (Lipinski definition) is 1. The van der Waals surface area contributed by atoms with Gasteiger partial charge in [0.1, 0.15) is 0 Å². The predicted octanol–water partition coefficient (Wildman–Crippen LogP) is 0.634. The third kappa shape index (κ3) is 6.92. The molecule has 1 aromatic carbocycles. The number of hydrogen-bond donors (Lipinski definition) is 1. The van der Waals surface area contributed by atoms with Gasteiger partial charge in [0.05, 0.1) is 0 Å². The van der Waals surface area contributed by atoms with Crippen molar-refractivity contribution in [1.82, 2.24) is 0 Å². The molecule has 4 N–H and O–H groups in total. The van der Waals surface area contributed by atoms with Crippen molar-refractivity contribution in [2.45, 2.75) is 11.8 Å². The van der Waals surface area contributed by atoms with Crippen molar-refractivity contribution < 1.29 is 42.1 Å². The summed E-state index contributed by atoms with van der Waals surface area (Å²) in [6, 6.07) is 8.06. The first-order valence-electron chi connectivity index (χ1n) is 2.54. The Bertz CT molecular complexity index is 155. The van der Waals surface area contributed by atoms with Crippen LogP contribution >= 0.6 is 12.6 Å². The van der Waals surface area contributed by atoms with E-state index in [1.807, 2.05) is 24.3 Å².